The largest absolute Gasteiger partial charge is 0.462 e. The highest BCUT2D eigenvalue weighted by molar-refractivity contribution is 5.91. The van der Waals surface area contributed by atoms with Crippen molar-refractivity contribution >= 4 is 5.97 Å². The van der Waals surface area contributed by atoms with E-state index in [1.54, 1.807) is 13.8 Å². The zero-order valence-corrected chi connectivity index (χ0v) is 8.33. The van der Waals surface area contributed by atoms with E-state index in [4.69, 9.17) is 9.26 Å². The molecule has 0 aliphatic heterocycles. The minimum atomic E-state index is -1.37. The Morgan fingerprint density at radius 1 is 1.71 bits per heavy atom. The number of carbonyl (C=O) groups is 1. The van der Waals surface area contributed by atoms with Gasteiger partial charge in [0.2, 0.25) is 0 Å². The molecule has 0 aromatic carbocycles. The van der Waals surface area contributed by atoms with Gasteiger partial charge in [-0.3, -0.25) is 0 Å². The number of carbonyl (C=O) groups excluding carboxylic acids is 1. The smallest absolute Gasteiger partial charge is 0.343 e. The standard InChI is InChI=1S/C9H12FNO3/c1-4-13-9(12)7-6(3)11-14-8(7)5(2)10/h5H,4H2,1-3H3/t5-/m1/s1. The van der Waals surface area contributed by atoms with Crippen LogP contribution in [0.25, 0.3) is 0 Å². The van der Waals surface area contributed by atoms with Gasteiger partial charge in [0.15, 0.2) is 11.9 Å². The van der Waals surface area contributed by atoms with E-state index in [1.165, 1.54) is 6.92 Å². The molecule has 0 N–H and O–H groups in total. The lowest BCUT2D eigenvalue weighted by atomic mass is 10.1. The molecule has 0 saturated heterocycles. The van der Waals surface area contributed by atoms with E-state index in [9.17, 15) is 9.18 Å². The highest BCUT2D eigenvalue weighted by Crippen LogP contribution is 2.24. The molecule has 14 heavy (non-hydrogen) atoms. The first-order chi connectivity index (χ1) is 6.57. The second-order valence-corrected chi connectivity index (χ2v) is 2.84. The molecule has 0 unspecified atom stereocenters. The fourth-order valence-electron chi connectivity index (χ4n) is 1.11. The monoisotopic (exact) mass is 201 g/mol. The lowest BCUT2D eigenvalue weighted by Gasteiger charge is -2.02. The highest BCUT2D eigenvalue weighted by atomic mass is 19.1. The Bertz CT molecular complexity index is 333. The quantitative estimate of drug-likeness (QED) is 0.703. The van der Waals surface area contributed by atoms with Gasteiger partial charge in [0.05, 0.1) is 12.3 Å². The van der Waals surface area contributed by atoms with Crippen LogP contribution in [0.5, 0.6) is 0 Å². The molecule has 0 aliphatic rings. The van der Waals surface area contributed by atoms with Crippen molar-refractivity contribution in [2.75, 3.05) is 6.61 Å². The summed E-state index contributed by atoms with van der Waals surface area (Å²) in [6.45, 7) is 4.77. The van der Waals surface area contributed by atoms with Crippen LogP contribution in [0.3, 0.4) is 0 Å². The van der Waals surface area contributed by atoms with E-state index < -0.39 is 12.1 Å². The normalized spacial score (nSPS) is 12.6. The molecular formula is C9H12FNO3. The van der Waals surface area contributed by atoms with E-state index in [1.807, 2.05) is 0 Å². The predicted molar refractivity (Wildman–Crippen MR) is 46.7 cm³/mol. The van der Waals surface area contributed by atoms with Crippen molar-refractivity contribution in [3.8, 4) is 0 Å². The summed E-state index contributed by atoms with van der Waals surface area (Å²) in [5.41, 5.74) is 0.449. The number of rotatable bonds is 3. The molecule has 5 heteroatoms. The van der Waals surface area contributed by atoms with Crippen molar-refractivity contribution in [3.63, 3.8) is 0 Å². The summed E-state index contributed by atoms with van der Waals surface area (Å²) >= 11 is 0. The Hall–Kier alpha value is -1.39. The lowest BCUT2D eigenvalue weighted by molar-refractivity contribution is 0.0520. The molecule has 0 radical (unpaired) electrons. The van der Waals surface area contributed by atoms with Gasteiger partial charge in [-0.2, -0.15) is 0 Å². The summed E-state index contributed by atoms with van der Waals surface area (Å²) < 4.78 is 22.4. The molecule has 78 valence electrons. The SMILES string of the molecule is CCOC(=O)c1c(C)noc1[C@@H](C)F. The van der Waals surface area contributed by atoms with Crippen LogP contribution >= 0.6 is 0 Å². The molecule has 0 amide bonds. The number of aryl methyl sites for hydroxylation is 1. The molecule has 1 aromatic rings. The molecule has 1 aromatic heterocycles. The van der Waals surface area contributed by atoms with Gasteiger partial charge in [-0.1, -0.05) is 5.16 Å². The Kier molecular flexibility index (Phi) is 3.22. The maximum Gasteiger partial charge on any atom is 0.343 e. The third kappa shape index (κ3) is 1.92. The first kappa shape index (κ1) is 10.7. The third-order valence-corrected chi connectivity index (χ3v) is 1.73. The molecule has 1 heterocycles. The fourth-order valence-corrected chi connectivity index (χ4v) is 1.11. The van der Waals surface area contributed by atoms with Crippen molar-refractivity contribution in [2.45, 2.75) is 26.9 Å². The van der Waals surface area contributed by atoms with Crippen LogP contribution in [0.4, 0.5) is 4.39 Å². The van der Waals surface area contributed by atoms with Crippen LogP contribution < -0.4 is 0 Å². The second kappa shape index (κ2) is 4.21. The summed E-state index contributed by atoms with van der Waals surface area (Å²) in [7, 11) is 0. The molecule has 0 saturated carbocycles. The molecule has 1 rings (SSSR count). The van der Waals surface area contributed by atoms with E-state index >= 15 is 0 Å². The number of esters is 1. The minimum absolute atomic E-state index is 0.0686. The van der Waals surface area contributed by atoms with Gasteiger partial charge in [-0.05, 0) is 20.8 Å². The number of aromatic nitrogens is 1. The zero-order valence-electron chi connectivity index (χ0n) is 8.33. The van der Waals surface area contributed by atoms with E-state index in [0.29, 0.717) is 5.69 Å². The van der Waals surface area contributed by atoms with Crippen LogP contribution in [0, 0.1) is 6.92 Å². The first-order valence-electron chi connectivity index (χ1n) is 4.35. The van der Waals surface area contributed by atoms with Crippen LogP contribution in [-0.4, -0.2) is 17.7 Å². The fraction of sp³-hybridized carbons (Fsp3) is 0.556. The first-order valence-corrected chi connectivity index (χ1v) is 4.35. The van der Waals surface area contributed by atoms with Crippen LogP contribution in [-0.2, 0) is 4.74 Å². The van der Waals surface area contributed by atoms with Gasteiger partial charge in [-0.15, -0.1) is 0 Å². The van der Waals surface area contributed by atoms with Gasteiger partial charge in [0.1, 0.15) is 5.56 Å². The van der Waals surface area contributed by atoms with E-state index in [2.05, 4.69) is 5.16 Å². The zero-order chi connectivity index (χ0) is 10.7. The molecule has 1 atom stereocenters. The van der Waals surface area contributed by atoms with Gasteiger partial charge in [0.25, 0.3) is 0 Å². The van der Waals surface area contributed by atoms with Crippen molar-refractivity contribution in [1.29, 1.82) is 0 Å². The maximum atomic E-state index is 13.0. The summed E-state index contributed by atoms with van der Waals surface area (Å²) in [4.78, 5) is 11.4. The van der Waals surface area contributed by atoms with Gasteiger partial charge >= 0.3 is 5.97 Å². The Morgan fingerprint density at radius 2 is 2.36 bits per heavy atom. The Labute approximate surface area is 81.0 Å². The minimum Gasteiger partial charge on any atom is -0.462 e. The summed E-state index contributed by atoms with van der Waals surface area (Å²) in [5, 5.41) is 3.53. The lowest BCUT2D eigenvalue weighted by Crippen LogP contribution is -2.08. The number of nitrogens with zero attached hydrogens (tertiary/aromatic N) is 1. The molecule has 0 spiro atoms. The highest BCUT2D eigenvalue weighted by Gasteiger charge is 2.25. The number of hydrogen-bond acceptors (Lipinski definition) is 4. The van der Waals surface area contributed by atoms with Crippen LogP contribution in [0.1, 0.15) is 41.8 Å². The van der Waals surface area contributed by atoms with Gasteiger partial charge < -0.3 is 9.26 Å². The molecule has 0 aliphatic carbocycles. The van der Waals surface area contributed by atoms with Crippen LogP contribution in [0.15, 0.2) is 4.52 Å². The van der Waals surface area contributed by atoms with Crippen molar-refractivity contribution < 1.29 is 18.4 Å². The van der Waals surface area contributed by atoms with Gasteiger partial charge in [0, 0.05) is 0 Å². The average molecular weight is 201 g/mol. The molecule has 0 fully saturated rings. The van der Waals surface area contributed by atoms with Gasteiger partial charge in [-0.25, -0.2) is 9.18 Å². The van der Waals surface area contributed by atoms with E-state index in [-0.39, 0.29) is 17.9 Å². The maximum absolute atomic E-state index is 13.0. The topological polar surface area (TPSA) is 52.3 Å². The number of ether oxygens (including phenoxy) is 1. The number of halogens is 1. The molecule has 4 nitrogen and oxygen atoms in total. The molecular weight excluding hydrogens is 189 g/mol. The summed E-state index contributed by atoms with van der Waals surface area (Å²) in [6, 6.07) is 0. The average Bonchev–Trinajstić information content (AvgIpc) is 2.47. The van der Waals surface area contributed by atoms with Crippen LogP contribution in [0.2, 0.25) is 0 Å². The summed E-state index contributed by atoms with van der Waals surface area (Å²) in [5.74, 6) is -0.660. The third-order valence-electron chi connectivity index (χ3n) is 1.73. The van der Waals surface area contributed by atoms with Crippen molar-refractivity contribution in [3.05, 3.63) is 17.0 Å². The Balaban J connectivity index is 3.04. The molecule has 0 bridgehead atoms. The second-order valence-electron chi connectivity index (χ2n) is 2.84. The Morgan fingerprint density at radius 3 is 2.86 bits per heavy atom. The summed E-state index contributed by atoms with van der Waals surface area (Å²) in [6.07, 6.45) is -1.37. The van der Waals surface area contributed by atoms with E-state index in [0.717, 1.165) is 0 Å². The number of alkyl halides is 1. The van der Waals surface area contributed by atoms with Crippen molar-refractivity contribution in [2.24, 2.45) is 0 Å². The van der Waals surface area contributed by atoms with Crippen molar-refractivity contribution in [1.82, 2.24) is 5.16 Å². The number of hydrogen-bond donors (Lipinski definition) is 0. The predicted octanol–water partition coefficient (Wildman–Crippen LogP) is 2.19.